The highest BCUT2D eigenvalue weighted by Gasteiger charge is 2.17. The van der Waals surface area contributed by atoms with Gasteiger partial charge in [0.15, 0.2) is 10.8 Å². The lowest BCUT2D eigenvalue weighted by molar-refractivity contribution is -0.106. The second-order valence-corrected chi connectivity index (χ2v) is 5.32. The number of rotatable bonds is 6. The molecule has 0 fully saturated rings. The Balaban J connectivity index is 2.13. The van der Waals surface area contributed by atoms with Crippen molar-refractivity contribution >= 4 is 44.9 Å². The average Bonchev–Trinajstić information content (AvgIpc) is 3.00. The normalized spacial score (nSPS) is 11.0. The number of benzene rings is 1. The summed E-state index contributed by atoms with van der Waals surface area (Å²) in [7, 11) is 2.84. The zero-order valence-corrected chi connectivity index (χ0v) is 13.8. The van der Waals surface area contributed by atoms with Crippen molar-refractivity contribution in [2.45, 2.75) is 0 Å². The molecule has 0 saturated heterocycles. The molecule has 0 saturated carbocycles. The van der Waals surface area contributed by atoms with Crippen LogP contribution in [-0.4, -0.2) is 36.1 Å². The summed E-state index contributed by atoms with van der Waals surface area (Å²) in [6.45, 7) is 0. The van der Waals surface area contributed by atoms with Crippen LogP contribution in [0.3, 0.4) is 0 Å². The monoisotopic (exact) mass is 353 g/mol. The standard InChI is InChI=1S/C14H12ClN3O4S/c1-21-9-5-3-8(4-6-9)13(20)17-14-16-10(7-23-14)11(12(15)19)18-22-2/h3-7H,1-2H3,(H,16,17,20). The molecule has 1 aromatic carbocycles. The van der Waals surface area contributed by atoms with Crippen LogP contribution >= 0.6 is 22.9 Å². The molecule has 0 unspecified atom stereocenters. The number of ether oxygens (including phenoxy) is 1. The van der Waals surface area contributed by atoms with Gasteiger partial charge in [0.2, 0.25) is 0 Å². The minimum atomic E-state index is -0.801. The van der Waals surface area contributed by atoms with E-state index in [4.69, 9.17) is 16.3 Å². The number of anilines is 1. The second-order valence-electron chi connectivity index (χ2n) is 4.12. The number of halogens is 1. The minimum Gasteiger partial charge on any atom is -0.497 e. The van der Waals surface area contributed by atoms with E-state index in [2.05, 4.69) is 20.3 Å². The Morgan fingerprint density at radius 2 is 1.96 bits per heavy atom. The van der Waals surface area contributed by atoms with Gasteiger partial charge in [0.1, 0.15) is 18.6 Å². The van der Waals surface area contributed by atoms with Gasteiger partial charge < -0.3 is 9.57 Å². The van der Waals surface area contributed by atoms with Gasteiger partial charge >= 0.3 is 0 Å². The fraction of sp³-hybridized carbons (Fsp3) is 0.143. The molecule has 0 aliphatic heterocycles. The Bertz CT molecular complexity index is 743. The van der Waals surface area contributed by atoms with Crippen molar-refractivity contribution in [3.05, 3.63) is 40.9 Å². The van der Waals surface area contributed by atoms with Crippen molar-refractivity contribution in [1.82, 2.24) is 4.98 Å². The van der Waals surface area contributed by atoms with Gasteiger partial charge in [-0.15, -0.1) is 11.3 Å². The smallest absolute Gasteiger partial charge is 0.276 e. The first kappa shape index (κ1) is 16.9. The average molecular weight is 354 g/mol. The molecule has 9 heteroatoms. The third-order valence-corrected chi connectivity index (χ3v) is 3.62. The van der Waals surface area contributed by atoms with Crippen molar-refractivity contribution in [2.75, 3.05) is 19.5 Å². The first-order valence-electron chi connectivity index (χ1n) is 6.27. The van der Waals surface area contributed by atoms with Crippen LogP contribution in [0.25, 0.3) is 0 Å². The number of amides is 1. The highest BCUT2D eigenvalue weighted by Crippen LogP contribution is 2.19. The Morgan fingerprint density at radius 3 is 2.52 bits per heavy atom. The van der Waals surface area contributed by atoms with E-state index in [9.17, 15) is 9.59 Å². The van der Waals surface area contributed by atoms with Gasteiger partial charge in [-0.1, -0.05) is 5.16 Å². The minimum absolute atomic E-state index is 0.129. The number of aromatic nitrogens is 1. The lowest BCUT2D eigenvalue weighted by atomic mass is 10.2. The van der Waals surface area contributed by atoms with Crippen LogP contribution < -0.4 is 10.1 Å². The molecule has 0 bridgehead atoms. The number of nitrogens with zero attached hydrogens (tertiary/aromatic N) is 2. The van der Waals surface area contributed by atoms with Crippen LogP contribution in [0.1, 0.15) is 16.1 Å². The van der Waals surface area contributed by atoms with Crippen LogP contribution in [-0.2, 0) is 9.63 Å². The van der Waals surface area contributed by atoms with E-state index >= 15 is 0 Å². The number of hydrogen-bond donors (Lipinski definition) is 1. The van der Waals surface area contributed by atoms with E-state index in [1.807, 2.05) is 0 Å². The van der Waals surface area contributed by atoms with Crippen molar-refractivity contribution in [3.63, 3.8) is 0 Å². The molecule has 1 heterocycles. The molecule has 1 amide bonds. The third-order valence-electron chi connectivity index (χ3n) is 2.69. The molecule has 0 spiro atoms. The third kappa shape index (κ3) is 4.27. The molecule has 0 atom stereocenters. The molecule has 2 aromatic rings. The summed E-state index contributed by atoms with van der Waals surface area (Å²) < 4.78 is 5.03. The number of carbonyl (C=O) groups is 2. The molecule has 7 nitrogen and oxygen atoms in total. The SMILES string of the molecule is CON=C(C(=O)Cl)c1csc(NC(=O)c2ccc(OC)cc2)n1. The van der Waals surface area contributed by atoms with Gasteiger partial charge in [0, 0.05) is 10.9 Å². The van der Waals surface area contributed by atoms with E-state index in [1.165, 1.54) is 7.11 Å². The summed E-state index contributed by atoms with van der Waals surface area (Å²) in [5, 5.41) is 7.20. The molecule has 1 N–H and O–H groups in total. The maximum absolute atomic E-state index is 12.1. The summed E-state index contributed by atoms with van der Waals surface area (Å²) in [4.78, 5) is 32.0. The van der Waals surface area contributed by atoms with E-state index in [-0.39, 0.29) is 17.3 Å². The largest absolute Gasteiger partial charge is 0.497 e. The van der Waals surface area contributed by atoms with Gasteiger partial charge in [-0.2, -0.15) is 0 Å². The predicted octanol–water partition coefficient (Wildman–Crippen LogP) is 2.52. The molecule has 120 valence electrons. The van der Waals surface area contributed by atoms with Gasteiger partial charge in [0.25, 0.3) is 11.1 Å². The quantitative estimate of drug-likeness (QED) is 0.489. The molecular weight excluding hydrogens is 342 g/mol. The van der Waals surface area contributed by atoms with Gasteiger partial charge in [-0.25, -0.2) is 4.98 Å². The topological polar surface area (TPSA) is 89.9 Å². The highest BCUT2D eigenvalue weighted by atomic mass is 35.5. The van der Waals surface area contributed by atoms with Gasteiger partial charge in [0.05, 0.1) is 7.11 Å². The zero-order chi connectivity index (χ0) is 16.8. The molecule has 0 radical (unpaired) electrons. The Hall–Kier alpha value is -2.45. The van der Waals surface area contributed by atoms with Crippen LogP contribution in [0.15, 0.2) is 34.8 Å². The van der Waals surface area contributed by atoms with E-state index in [0.717, 1.165) is 11.3 Å². The van der Waals surface area contributed by atoms with E-state index in [0.29, 0.717) is 16.4 Å². The Kier molecular flexibility index (Phi) is 5.67. The summed E-state index contributed by atoms with van der Waals surface area (Å²) in [5.41, 5.74) is 0.541. The molecular formula is C14H12ClN3O4S. The molecule has 23 heavy (non-hydrogen) atoms. The summed E-state index contributed by atoms with van der Waals surface area (Å²) >= 11 is 6.55. The van der Waals surface area contributed by atoms with Crippen LogP contribution in [0.5, 0.6) is 5.75 Å². The lowest BCUT2D eigenvalue weighted by Gasteiger charge is -2.03. The maximum atomic E-state index is 12.1. The first-order valence-corrected chi connectivity index (χ1v) is 7.53. The van der Waals surface area contributed by atoms with Crippen LogP contribution in [0, 0.1) is 0 Å². The number of oxime groups is 1. The second kappa shape index (κ2) is 7.70. The summed E-state index contributed by atoms with van der Waals surface area (Å²) in [6.07, 6.45) is 0. The van der Waals surface area contributed by atoms with Crippen molar-refractivity contribution in [3.8, 4) is 5.75 Å². The van der Waals surface area contributed by atoms with Crippen molar-refractivity contribution in [1.29, 1.82) is 0 Å². The Morgan fingerprint density at radius 1 is 1.26 bits per heavy atom. The van der Waals surface area contributed by atoms with E-state index in [1.54, 1.807) is 36.8 Å². The fourth-order valence-electron chi connectivity index (χ4n) is 1.63. The predicted molar refractivity (Wildman–Crippen MR) is 87.5 cm³/mol. The van der Waals surface area contributed by atoms with Gasteiger partial charge in [-0.05, 0) is 35.9 Å². The number of thiazole rings is 1. The maximum Gasteiger partial charge on any atom is 0.276 e. The molecule has 1 aromatic heterocycles. The van der Waals surface area contributed by atoms with Crippen LogP contribution in [0.4, 0.5) is 5.13 Å². The lowest BCUT2D eigenvalue weighted by Crippen LogP contribution is -2.13. The Labute approximate surface area is 140 Å². The number of nitrogens with one attached hydrogen (secondary N) is 1. The number of methoxy groups -OCH3 is 1. The summed E-state index contributed by atoms with van der Waals surface area (Å²) in [5.74, 6) is 0.315. The van der Waals surface area contributed by atoms with Gasteiger partial charge in [-0.3, -0.25) is 14.9 Å². The summed E-state index contributed by atoms with van der Waals surface area (Å²) in [6, 6.07) is 6.61. The fourth-order valence-corrected chi connectivity index (χ4v) is 2.45. The number of carbonyl (C=O) groups excluding carboxylic acids is 2. The van der Waals surface area contributed by atoms with E-state index < -0.39 is 5.24 Å². The molecule has 0 aliphatic rings. The highest BCUT2D eigenvalue weighted by molar-refractivity contribution is 7.14. The van der Waals surface area contributed by atoms with Crippen molar-refractivity contribution in [2.24, 2.45) is 5.16 Å². The zero-order valence-electron chi connectivity index (χ0n) is 12.2. The van der Waals surface area contributed by atoms with Crippen LogP contribution in [0.2, 0.25) is 0 Å². The number of hydrogen-bond acceptors (Lipinski definition) is 7. The van der Waals surface area contributed by atoms with Crippen molar-refractivity contribution < 1.29 is 19.2 Å². The molecule has 0 aliphatic carbocycles. The molecule has 2 rings (SSSR count). The first-order chi connectivity index (χ1) is 11.0.